The Balaban J connectivity index is 1.22. The highest BCUT2D eigenvalue weighted by Gasteiger charge is 2.33. The number of hydrogen-bond acceptors (Lipinski definition) is 6. The molecular weight excluding hydrogens is 554 g/mol. The zero-order chi connectivity index (χ0) is 29.7. The fraction of sp³-hybridized carbons (Fsp3) is 0.188. The summed E-state index contributed by atoms with van der Waals surface area (Å²) in [5.41, 5.74) is 3.75. The summed E-state index contributed by atoms with van der Waals surface area (Å²) in [6, 6.07) is 27.9. The van der Waals surface area contributed by atoms with E-state index in [1.165, 1.54) is 29.2 Å². The van der Waals surface area contributed by atoms with Crippen molar-refractivity contribution >= 4 is 33.2 Å². The fourth-order valence-electron chi connectivity index (χ4n) is 4.49. The molecule has 2 amide bonds. The minimum Gasteiger partial charge on any atom is -0.484 e. The summed E-state index contributed by atoms with van der Waals surface area (Å²) in [5.74, 6) is 0.0360. The summed E-state index contributed by atoms with van der Waals surface area (Å²) in [4.78, 5) is 27.7. The van der Waals surface area contributed by atoms with E-state index in [4.69, 9.17) is 9.47 Å². The highest BCUT2D eigenvalue weighted by atomic mass is 32.2. The third kappa shape index (κ3) is 6.72. The lowest BCUT2D eigenvalue weighted by Crippen LogP contribution is -2.51. The Bertz CT molecular complexity index is 1690. The van der Waals surface area contributed by atoms with Crippen molar-refractivity contribution in [1.82, 2.24) is 5.32 Å². The number of sulfonamides is 1. The molecule has 42 heavy (non-hydrogen) atoms. The SMILES string of the molecule is Cc1ccc(C)c(NS(=O)(=O)c2ccc(OCC(=O)N3C[C@@H](C(=O)NCc4ccccc4)Oc4ccccc43)cc2)c1. The van der Waals surface area contributed by atoms with Gasteiger partial charge in [0.1, 0.15) is 11.5 Å². The lowest BCUT2D eigenvalue weighted by Gasteiger charge is -2.34. The van der Waals surface area contributed by atoms with Crippen LogP contribution in [0.25, 0.3) is 0 Å². The number of para-hydroxylation sites is 2. The third-order valence-corrected chi connectivity index (χ3v) is 8.19. The molecule has 0 spiro atoms. The molecule has 9 nitrogen and oxygen atoms in total. The van der Waals surface area contributed by atoms with Gasteiger partial charge in [0.05, 0.1) is 22.8 Å². The minimum atomic E-state index is -3.82. The van der Waals surface area contributed by atoms with Gasteiger partial charge in [-0.25, -0.2) is 8.42 Å². The van der Waals surface area contributed by atoms with Crippen LogP contribution in [0.1, 0.15) is 16.7 Å². The number of rotatable bonds is 9. The van der Waals surface area contributed by atoms with Crippen molar-refractivity contribution in [3.8, 4) is 11.5 Å². The smallest absolute Gasteiger partial charge is 0.265 e. The monoisotopic (exact) mass is 585 g/mol. The summed E-state index contributed by atoms with van der Waals surface area (Å²) >= 11 is 0. The number of ether oxygens (including phenoxy) is 2. The normalized spacial score (nSPS) is 14.3. The van der Waals surface area contributed by atoms with Crippen LogP contribution in [0, 0.1) is 13.8 Å². The first-order valence-electron chi connectivity index (χ1n) is 13.4. The first kappa shape index (κ1) is 28.7. The van der Waals surface area contributed by atoms with Gasteiger partial charge in [0, 0.05) is 6.54 Å². The molecule has 10 heteroatoms. The van der Waals surface area contributed by atoms with E-state index in [9.17, 15) is 18.0 Å². The fourth-order valence-corrected chi connectivity index (χ4v) is 5.62. The van der Waals surface area contributed by atoms with Gasteiger partial charge in [-0.1, -0.05) is 54.6 Å². The van der Waals surface area contributed by atoms with E-state index in [0.29, 0.717) is 29.4 Å². The van der Waals surface area contributed by atoms with Crippen molar-refractivity contribution in [2.24, 2.45) is 0 Å². The topological polar surface area (TPSA) is 114 Å². The Hall–Kier alpha value is -4.83. The van der Waals surface area contributed by atoms with Gasteiger partial charge < -0.3 is 19.7 Å². The summed E-state index contributed by atoms with van der Waals surface area (Å²) < 4.78 is 40.1. The van der Waals surface area contributed by atoms with Crippen molar-refractivity contribution in [2.75, 3.05) is 22.8 Å². The Morgan fingerprint density at radius 1 is 0.929 bits per heavy atom. The van der Waals surface area contributed by atoms with Crippen LogP contribution in [0.2, 0.25) is 0 Å². The first-order valence-corrected chi connectivity index (χ1v) is 14.9. The molecule has 0 aromatic heterocycles. The van der Waals surface area contributed by atoms with E-state index in [1.807, 2.05) is 56.3 Å². The number of benzene rings is 4. The molecule has 0 fully saturated rings. The van der Waals surface area contributed by atoms with Crippen molar-refractivity contribution in [1.29, 1.82) is 0 Å². The molecule has 5 rings (SSSR count). The van der Waals surface area contributed by atoms with E-state index in [-0.39, 0.29) is 29.9 Å². The van der Waals surface area contributed by atoms with Gasteiger partial charge in [-0.05, 0) is 73.0 Å². The average Bonchev–Trinajstić information content (AvgIpc) is 3.00. The van der Waals surface area contributed by atoms with Gasteiger partial charge in [0.25, 0.3) is 21.8 Å². The predicted octanol–water partition coefficient (Wildman–Crippen LogP) is 4.59. The van der Waals surface area contributed by atoms with Crippen LogP contribution in [0.15, 0.2) is 102 Å². The second-order valence-corrected chi connectivity index (χ2v) is 11.6. The third-order valence-electron chi connectivity index (χ3n) is 6.81. The number of nitrogens with zero attached hydrogens (tertiary/aromatic N) is 1. The van der Waals surface area contributed by atoms with Crippen LogP contribution in [0.4, 0.5) is 11.4 Å². The number of anilines is 2. The molecule has 1 aliphatic rings. The summed E-state index contributed by atoms with van der Waals surface area (Å²) in [7, 11) is -3.82. The Morgan fingerprint density at radius 2 is 1.64 bits per heavy atom. The number of amides is 2. The molecule has 0 saturated carbocycles. The van der Waals surface area contributed by atoms with Gasteiger partial charge in [-0.15, -0.1) is 0 Å². The number of nitrogens with one attached hydrogen (secondary N) is 2. The van der Waals surface area contributed by atoms with E-state index in [2.05, 4.69) is 10.0 Å². The van der Waals surface area contributed by atoms with Crippen molar-refractivity contribution < 1.29 is 27.5 Å². The van der Waals surface area contributed by atoms with Crippen molar-refractivity contribution in [2.45, 2.75) is 31.4 Å². The zero-order valence-corrected chi connectivity index (χ0v) is 24.1. The molecule has 216 valence electrons. The number of fused-ring (bicyclic) bond motifs is 1. The van der Waals surface area contributed by atoms with E-state index in [0.717, 1.165) is 16.7 Å². The van der Waals surface area contributed by atoms with Crippen LogP contribution < -0.4 is 24.4 Å². The van der Waals surface area contributed by atoms with Crippen LogP contribution in [0.5, 0.6) is 11.5 Å². The molecule has 4 aromatic rings. The lowest BCUT2D eigenvalue weighted by molar-refractivity contribution is -0.128. The standard InChI is InChI=1S/C32H31N3O6S/c1-22-12-13-23(2)27(18-22)34-42(38,39)26-16-14-25(15-17-26)40-21-31(36)35-20-30(41-29-11-7-6-10-28(29)35)32(37)33-19-24-8-4-3-5-9-24/h3-18,30,34H,19-21H2,1-2H3,(H,33,37)/t30-/m0/s1. The molecule has 0 radical (unpaired) electrons. The Morgan fingerprint density at radius 3 is 2.40 bits per heavy atom. The first-order chi connectivity index (χ1) is 20.2. The largest absolute Gasteiger partial charge is 0.484 e. The van der Waals surface area contributed by atoms with Gasteiger partial charge in [0.2, 0.25) is 0 Å². The zero-order valence-electron chi connectivity index (χ0n) is 23.2. The van der Waals surface area contributed by atoms with E-state index in [1.54, 1.807) is 30.3 Å². The quantitative estimate of drug-likeness (QED) is 0.297. The average molecular weight is 586 g/mol. The van der Waals surface area contributed by atoms with Crippen molar-refractivity contribution in [3.05, 3.63) is 114 Å². The summed E-state index contributed by atoms with van der Waals surface area (Å²) in [6.07, 6.45) is -0.901. The second kappa shape index (κ2) is 12.4. The molecule has 0 aliphatic carbocycles. The predicted molar refractivity (Wildman–Crippen MR) is 160 cm³/mol. The highest BCUT2D eigenvalue weighted by Crippen LogP contribution is 2.33. The molecule has 4 aromatic carbocycles. The van der Waals surface area contributed by atoms with Gasteiger partial charge in [0.15, 0.2) is 12.7 Å². The Labute approximate surface area is 245 Å². The molecule has 0 saturated heterocycles. The van der Waals surface area contributed by atoms with Crippen LogP contribution >= 0.6 is 0 Å². The number of aryl methyl sites for hydroxylation is 2. The molecule has 0 unspecified atom stereocenters. The molecule has 2 N–H and O–H groups in total. The van der Waals surface area contributed by atoms with Gasteiger partial charge in [-0.2, -0.15) is 0 Å². The van der Waals surface area contributed by atoms with Gasteiger partial charge >= 0.3 is 0 Å². The molecule has 0 bridgehead atoms. The molecule has 1 heterocycles. The van der Waals surface area contributed by atoms with Gasteiger partial charge in [-0.3, -0.25) is 14.3 Å². The molecular formula is C32H31N3O6S. The highest BCUT2D eigenvalue weighted by molar-refractivity contribution is 7.92. The molecule has 1 atom stereocenters. The number of carbonyl (C=O) groups is 2. The van der Waals surface area contributed by atoms with E-state index < -0.39 is 16.1 Å². The second-order valence-electron chi connectivity index (χ2n) is 9.97. The number of hydrogen-bond donors (Lipinski definition) is 2. The van der Waals surface area contributed by atoms with E-state index >= 15 is 0 Å². The van der Waals surface area contributed by atoms with Crippen LogP contribution in [-0.4, -0.2) is 39.5 Å². The maximum atomic E-state index is 13.3. The number of carbonyl (C=O) groups excluding carboxylic acids is 2. The van der Waals surface area contributed by atoms with Crippen LogP contribution in [0.3, 0.4) is 0 Å². The maximum Gasteiger partial charge on any atom is 0.265 e. The minimum absolute atomic E-state index is 0.0149. The maximum absolute atomic E-state index is 13.3. The summed E-state index contributed by atoms with van der Waals surface area (Å²) in [5, 5.41) is 2.87. The Kier molecular flexibility index (Phi) is 8.44. The molecule has 1 aliphatic heterocycles. The lowest BCUT2D eigenvalue weighted by atomic mass is 10.1. The van der Waals surface area contributed by atoms with Crippen LogP contribution in [-0.2, 0) is 26.2 Å². The summed E-state index contributed by atoms with van der Waals surface area (Å²) in [6.45, 7) is 3.75. The van der Waals surface area contributed by atoms with Crippen molar-refractivity contribution in [3.63, 3.8) is 0 Å².